The second-order valence-electron chi connectivity index (χ2n) is 6.67. The van der Waals surface area contributed by atoms with Crippen LogP contribution in [0, 0.1) is 0 Å². The monoisotopic (exact) mass is 295 g/mol. The zero-order chi connectivity index (χ0) is 14.9. The molecule has 2 N–H and O–H groups in total. The van der Waals surface area contributed by atoms with E-state index >= 15 is 0 Å². The summed E-state index contributed by atoms with van der Waals surface area (Å²) in [6.45, 7) is 1.69. The van der Waals surface area contributed by atoms with Gasteiger partial charge in [-0.25, -0.2) is 9.69 Å². The van der Waals surface area contributed by atoms with Crippen LogP contribution in [0.1, 0.15) is 51.4 Å². The van der Waals surface area contributed by atoms with E-state index in [-0.39, 0.29) is 18.0 Å². The van der Waals surface area contributed by atoms with Crippen LogP contribution < -0.4 is 5.32 Å². The van der Waals surface area contributed by atoms with E-state index in [0.29, 0.717) is 13.2 Å². The first-order chi connectivity index (χ1) is 10.1. The number of hydrogen-bond donors (Lipinski definition) is 2. The number of β-amino-alcohol motifs (C(OH)–C–C–N with tert-alkyl or cyclic N) is 1. The molecule has 0 aromatic carbocycles. The van der Waals surface area contributed by atoms with Gasteiger partial charge in [-0.15, -0.1) is 0 Å². The molecule has 0 aromatic rings. The third-order valence-electron chi connectivity index (χ3n) is 5.03. The number of aliphatic hydroxyl groups is 1. The highest BCUT2D eigenvalue weighted by Gasteiger charge is 2.51. The van der Waals surface area contributed by atoms with Crippen molar-refractivity contribution in [2.75, 3.05) is 19.8 Å². The molecule has 1 unspecified atom stereocenters. The summed E-state index contributed by atoms with van der Waals surface area (Å²) in [6, 6.07) is -0.262. The van der Waals surface area contributed by atoms with E-state index in [2.05, 4.69) is 5.32 Å². The minimum atomic E-state index is -0.651. The van der Waals surface area contributed by atoms with E-state index in [1.165, 1.54) is 4.90 Å². The molecular weight excluding hydrogens is 270 g/mol. The van der Waals surface area contributed by atoms with Crippen molar-refractivity contribution in [3.63, 3.8) is 0 Å². The molecule has 1 atom stereocenters. The Morgan fingerprint density at radius 1 is 1.14 bits per heavy atom. The Morgan fingerprint density at radius 2 is 1.86 bits per heavy atom. The van der Waals surface area contributed by atoms with E-state index in [1.54, 1.807) is 0 Å². The number of piperidine rings is 1. The fourth-order valence-corrected chi connectivity index (χ4v) is 3.84. The highest BCUT2D eigenvalue weighted by atomic mass is 16.3. The van der Waals surface area contributed by atoms with Crippen LogP contribution >= 0.6 is 0 Å². The van der Waals surface area contributed by atoms with E-state index in [1.807, 2.05) is 4.90 Å². The fraction of sp³-hybridized carbons (Fsp3) is 0.867. The van der Waals surface area contributed by atoms with Crippen LogP contribution in [0.5, 0.6) is 0 Å². The summed E-state index contributed by atoms with van der Waals surface area (Å²) in [7, 11) is 0. The molecule has 3 amide bonds. The lowest BCUT2D eigenvalue weighted by atomic mass is 9.90. The number of amides is 3. The molecule has 3 rings (SSSR count). The smallest absolute Gasteiger partial charge is 0.326 e. The fourth-order valence-electron chi connectivity index (χ4n) is 3.84. The maximum absolute atomic E-state index is 12.8. The number of nitrogens with one attached hydrogen (secondary N) is 1. The lowest BCUT2D eigenvalue weighted by molar-refractivity contribution is -0.133. The van der Waals surface area contributed by atoms with Crippen LogP contribution in [0.15, 0.2) is 0 Å². The molecule has 2 saturated heterocycles. The number of urea groups is 1. The molecule has 6 heteroatoms. The highest BCUT2D eigenvalue weighted by Crippen LogP contribution is 2.32. The first kappa shape index (κ1) is 14.8. The van der Waals surface area contributed by atoms with Gasteiger partial charge in [0.15, 0.2) is 0 Å². The molecule has 0 aromatic heterocycles. The summed E-state index contributed by atoms with van der Waals surface area (Å²) in [5.74, 6) is -0.0607. The third kappa shape index (κ3) is 2.92. The van der Waals surface area contributed by atoms with Gasteiger partial charge in [-0.1, -0.05) is 25.7 Å². The van der Waals surface area contributed by atoms with Crippen molar-refractivity contribution in [1.82, 2.24) is 15.1 Å². The quantitative estimate of drug-likeness (QED) is 0.747. The summed E-state index contributed by atoms with van der Waals surface area (Å²) in [6.07, 6.45) is 7.19. The normalized spacial score (nSPS) is 30.5. The second-order valence-corrected chi connectivity index (χ2v) is 6.67. The maximum Gasteiger partial charge on any atom is 0.326 e. The number of aliphatic hydroxyl groups excluding tert-OH is 1. The first-order valence-electron chi connectivity index (χ1n) is 8.15. The van der Waals surface area contributed by atoms with Crippen molar-refractivity contribution in [3.8, 4) is 0 Å². The summed E-state index contributed by atoms with van der Waals surface area (Å²) >= 11 is 0. The molecule has 3 fully saturated rings. The van der Waals surface area contributed by atoms with Crippen molar-refractivity contribution in [1.29, 1.82) is 0 Å². The molecule has 118 valence electrons. The minimum Gasteiger partial charge on any atom is -0.392 e. The molecule has 0 radical (unpaired) electrons. The summed E-state index contributed by atoms with van der Waals surface area (Å²) in [5, 5.41) is 12.7. The van der Waals surface area contributed by atoms with Crippen molar-refractivity contribution in [3.05, 3.63) is 0 Å². The summed E-state index contributed by atoms with van der Waals surface area (Å²) < 4.78 is 0. The van der Waals surface area contributed by atoms with Gasteiger partial charge in [0.25, 0.3) is 5.91 Å². The molecule has 0 bridgehead atoms. The van der Waals surface area contributed by atoms with Crippen LogP contribution in [0.3, 0.4) is 0 Å². The van der Waals surface area contributed by atoms with Crippen molar-refractivity contribution >= 4 is 11.9 Å². The molecule has 1 spiro atoms. The number of nitrogens with zero attached hydrogens (tertiary/aromatic N) is 2. The van der Waals surface area contributed by atoms with Gasteiger partial charge in [-0.05, 0) is 25.7 Å². The largest absolute Gasteiger partial charge is 0.392 e. The SMILES string of the molecule is O=C1NC2(CCCCCC2)C(=O)N1CN1CCCC(O)C1. The molecule has 1 aliphatic carbocycles. The lowest BCUT2D eigenvalue weighted by Gasteiger charge is -2.32. The van der Waals surface area contributed by atoms with Crippen LogP contribution in [-0.2, 0) is 4.79 Å². The highest BCUT2D eigenvalue weighted by molar-refractivity contribution is 6.07. The molecule has 1 saturated carbocycles. The van der Waals surface area contributed by atoms with Gasteiger partial charge in [0, 0.05) is 13.1 Å². The van der Waals surface area contributed by atoms with Crippen molar-refractivity contribution in [2.45, 2.75) is 63.0 Å². The number of rotatable bonds is 2. The van der Waals surface area contributed by atoms with Gasteiger partial charge in [-0.3, -0.25) is 9.69 Å². The Morgan fingerprint density at radius 3 is 2.52 bits per heavy atom. The number of hydrogen-bond acceptors (Lipinski definition) is 4. The average Bonchev–Trinajstić information content (AvgIpc) is 2.63. The molecule has 2 aliphatic heterocycles. The topological polar surface area (TPSA) is 72.9 Å². The van der Waals surface area contributed by atoms with Gasteiger partial charge in [0.2, 0.25) is 0 Å². The van der Waals surface area contributed by atoms with E-state index in [0.717, 1.165) is 57.9 Å². The van der Waals surface area contributed by atoms with E-state index < -0.39 is 5.54 Å². The number of imide groups is 1. The Hall–Kier alpha value is -1.14. The molecule has 3 aliphatic rings. The van der Waals surface area contributed by atoms with Crippen LogP contribution in [0.25, 0.3) is 0 Å². The Labute approximate surface area is 125 Å². The number of carbonyl (C=O) groups is 2. The van der Waals surface area contributed by atoms with E-state index in [9.17, 15) is 14.7 Å². The Kier molecular flexibility index (Phi) is 4.17. The van der Waals surface area contributed by atoms with Crippen molar-refractivity contribution in [2.24, 2.45) is 0 Å². The Balaban J connectivity index is 1.68. The van der Waals surface area contributed by atoms with Crippen LogP contribution in [0.4, 0.5) is 4.79 Å². The predicted molar refractivity (Wildman–Crippen MR) is 77.5 cm³/mol. The molecular formula is C15H25N3O3. The lowest BCUT2D eigenvalue weighted by Crippen LogP contribution is -2.49. The maximum atomic E-state index is 12.8. The standard InChI is InChI=1S/C15H25N3O3/c19-12-6-5-9-17(10-12)11-18-13(20)15(16-14(18)21)7-3-1-2-4-8-15/h12,19H,1-11H2,(H,16,21). The third-order valence-corrected chi connectivity index (χ3v) is 5.03. The Bertz CT molecular complexity index is 418. The van der Waals surface area contributed by atoms with Gasteiger partial charge in [-0.2, -0.15) is 0 Å². The van der Waals surface area contributed by atoms with Gasteiger partial charge >= 0.3 is 6.03 Å². The zero-order valence-corrected chi connectivity index (χ0v) is 12.5. The predicted octanol–water partition coefficient (Wildman–Crippen LogP) is 1.05. The summed E-state index contributed by atoms with van der Waals surface area (Å²) in [4.78, 5) is 28.3. The first-order valence-corrected chi connectivity index (χ1v) is 8.15. The number of likely N-dealkylation sites (tertiary alicyclic amines) is 1. The molecule has 2 heterocycles. The summed E-state index contributed by atoms with van der Waals surface area (Å²) in [5.41, 5.74) is -0.651. The van der Waals surface area contributed by atoms with Crippen molar-refractivity contribution < 1.29 is 14.7 Å². The van der Waals surface area contributed by atoms with Crippen LogP contribution in [0.2, 0.25) is 0 Å². The van der Waals surface area contributed by atoms with Gasteiger partial charge < -0.3 is 10.4 Å². The second kappa shape index (κ2) is 5.93. The number of carbonyl (C=O) groups excluding carboxylic acids is 2. The zero-order valence-electron chi connectivity index (χ0n) is 12.5. The van der Waals surface area contributed by atoms with E-state index in [4.69, 9.17) is 0 Å². The van der Waals surface area contributed by atoms with Crippen LogP contribution in [-0.4, -0.2) is 58.2 Å². The molecule has 21 heavy (non-hydrogen) atoms. The van der Waals surface area contributed by atoms with Gasteiger partial charge in [0.05, 0.1) is 12.8 Å². The minimum absolute atomic E-state index is 0.0607. The van der Waals surface area contributed by atoms with Gasteiger partial charge in [0.1, 0.15) is 5.54 Å². The molecule has 6 nitrogen and oxygen atoms in total. The average molecular weight is 295 g/mol.